The Labute approximate surface area is 85.7 Å². The van der Waals surface area contributed by atoms with Gasteiger partial charge in [-0.05, 0) is 12.8 Å². The first-order chi connectivity index (χ1) is 6.69. The zero-order valence-electron chi connectivity index (χ0n) is 7.44. The predicted octanol–water partition coefficient (Wildman–Crippen LogP) is 1.33. The number of rotatable bonds is 1. The van der Waals surface area contributed by atoms with E-state index in [1.807, 2.05) is 6.20 Å². The maximum absolute atomic E-state index is 6.06. The largest absolute Gasteiger partial charge is 0.321 e. The molecule has 0 unspecified atom stereocenters. The molecule has 2 heterocycles. The quantitative estimate of drug-likeness (QED) is 0.769. The monoisotopic (exact) mass is 208 g/mol. The van der Waals surface area contributed by atoms with Crippen LogP contribution in [0.1, 0.15) is 18.4 Å². The molecule has 1 aliphatic carbocycles. The zero-order chi connectivity index (χ0) is 9.76. The van der Waals surface area contributed by atoms with Crippen LogP contribution >= 0.6 is 11.6 Å². The molecule has 14 heavy (non-hydrogen) atoms. The Morgan fingerprint density at radius 3 is 2.79 bits per heavy atom. The van der Waals surface area contributed by atoms with Gasteiger partial charge in [0.1, 0.15) is 5.15 Å². The van der Waals surface area contributed by atoms with E-state index in [9.17, 15) is 0 Å². The molecule has 4 nitrogen and oxygen atoms in total. The van der Waals surface area contributed by atoms with Crippen LogP contribution in [0.25, 0.3) is 5.78 Å². The van der Waals surface area contributed by atoms with E-state index in [-0.39, 0.29) is 5.54 Å². The molecule has 3 rings (SSSR count). The van der Waals surface area contributed by atoms with Gasteiger partial charge in [-0.15, -0.1) is 0 Å². The molecule has 0 amide bonds. The van der Waals surface area contributed by atoms with Gasteiger partial charge in [-0.2, -0.15) is 0 Å². The van der Waals surface area contributed by atoms with Crippen LogP contribution in [0.3, 0.4) is 0 Å². The Morgan fingerprint density at radius 2 is 2.07 bits per heavy atom. The Balaban J connectivity index is 2.23. The minimum absolute atomic E-state index is 0.172. The van der Waals surface area contributed by atoms with Crippen molar-refractivity contribution in [3.05, 3.63) is 29.3 Å². The standard InChI is InChI=1S/C9H9ClN4/c10-7-4-13-8-12-3-6(5-14(7)8)9(11)1-2-9/h3-5H,1-2,11H2. The molecule has 1 saturated carbocycles. The van der Waals surface area contributed by atoms with Crippen molar-refractivity contribution < 1.29 is 0 Å². The molecule has 0 atom stereocenters. The third kappa shape index (κ3) is 1.04. The lowest BCUT2D eigenvalue weighted by Crippen LogP contribution is -2.19. The number of fused-ring (bicyclic) bond motifs is 1. The third-order valence-corrected chi connectivity index (χ3v) is 2.96. The molecule has 0 spiro atoms. The molecule has 2 N–H and O–H groups in total. The van der Waals surface area contributed by atoms with E-state index in [1.165, 1.54) is 0 Å². The molecular weight excluding hydrogens is 200 g/mol. The van der Waals surface area contributed by atoms with E-state index in [0.717, 1.165) is 18.4 Å². The topological polar surface area (TPSA) is 56.2 Å². The van der Waals surface area contributed by atoms with Crippen molar-refractivity contribution >= 4 is 17.4 Å². The molecular formula is C9H9ClN4. The molecule has 2 aromatic heterocycles. The third-order valence-electron chi connectivity index (χ3n) is 2.68. The van der Waals surface area contributed by atoms with Crippen LogP contribution in [0.2, 0.25) is 5.15 Å². The van der Waals surface area contributed by atoms with Gasteiger partial charge >= 0.3 is 0 Å². The summed E-state index contributed by atoms with van der Waals surface area (Å²) in [4.78, 5) is 8.24. The van der Waals surface area contributed by atoms with Crippen molar-refractivity contribution in [2.45, 2.75) is 18.4 Å². The van der Waals surface area contributed by atoms with E-state index in [4.69, 9.17) is 17.3 Å². The SMILES string of the molecule is NC1(c2cnc3ncc(Cl)n3c2)CC1. The Kier molecular flexibility index (Phi) is 1.44. The first-order valence-corrected chi connectivity index (χ1v) is 4.85. The second kappa shape index (κ2) is 2.46. The average Bonchev–Trinajstić information content (AvgIpc) is 2.84. The summed E-state index contributed by atoms with van der Waals surface area (Å²) in [5.74, 6) is 0.614. The van der Waals surface area contributed by atoms with E-state index in [1.54, 1.807) is 16.8 Å². The fourth-order valence-corrected chi connectivity index (χ4v) is 1.70. The number of halogens is 1. The lowest BCUT2D eigenvalue weighted by molar-refractivity contribution is 0.726. The van der Waals surface area contributed by atoms with Crippen molar-refractivity contribution in [1.82, 2.24) is 14.4 Å². The van der Waals surface area contributed by atoms with Crippen LogP contribution in [0, 0.1) is 0 Å². The number of aromatic nitrogens is 3. The summed E-state index contributed by atoms with van der Waals surface area (Å²) >= 11 is 5.93. The molecule has 72 valence electrons. The van der Waals surface area contributed by atoms with Gasteiger partial charge in [0.25, 0.3) is 0 Å². The maximum Gasteiger partial charge on any atom is 0.234 e. The van der Waals surface area contributed by atoms with Gasteiger partial charge in [0.05, 0.1) is 6.20 Å². The van der Waals surface area contributed by atoms with Crippen molar-refractivity contribution in [3.8, 4) is 0 Å². The first kappa shape index (κ1) is 8.20. The Bertz CT molecular complexity index is 500. The van der Waals surface area contributed by atoms with Crippen LogP contribution in [0.15, 0.2) is 18.6 Å². The fourth-order valence-electron chi connectivity index (χ4n) is 1.53. The highest BCUT2D eigenvalue weighted by Gasteiger charge is 2.40. The minimum Gasteiger partial charge on any atom is -0.321 e. The average molecular weight is 209 g/mol. The molecule has 1 fully saturated rings. The molecule has 0 bridgehead atoms. The molecule has 1 aliphatic rings. The Morgan fingerprint density at radius 1 is 1.36 bits per heavy atom. The van der Waals surface area contributed by atoms with Crippen LogP contribution in [0.4, 0.5) is 0 Å². The van der Waals surface area contributed by atoms with Gasteiger partial charge in [0.2, 0.25) is 5.78 Å². The molecule has 5 heteroatoms. The summed E-state index contributed by atoms with van der Waals surface area (Å²) in [5, 5.41) is 0.568. The Hall–Kier alpha value is -1.13. The van der Waals surface area contributed by atoms with Gasteiger partial charge in [0, 0.05) is 23.5 Å². The minimum atomic E-state index is -0.172. The molecule has 0 radical (unpaired) electrons. The normalized spacial score (nSPS) is 18.7. The molecule has 0 saturated heterocycles. The lowest BCUT2D eigenvalue weighted by atomic mass is 10.1. The van der Waals surface area contributed by atoms with Gasteiger partial charge in [-0.25, -0.2) is 9.97 Å². The van der Waals surface area contributed by atoms with Crippen LogP contribution < -0.4 is 5.73 Å². The molecule has 2 aromatic rings. The summed E-state index contributed by atoms with van der Waals surface area (Å²) in [7, 11) is 0. The highest BCUT2D eigenvalue weighted by atomic mass is 35.5. The van der Waals surface area contributed by atoms with E-state index in [0.29, 0.717) is 10.9 Å². The fraction of sp³-hybridized carbons (Fsp3) is 0.333. The van der Waals surface area contributed by atoms with Gasteiger partial charge in [-0.3, -0.25) is 4.40 Å². The first-order valence-electron chi connectivity index (χ1n) is 4.47. The summed E-state index contributed by atoms with van der Waals surface area (Å²) in [6, 6.07) is 0. The van der Waals surface area contributed by atoms with Crippen molar-refractivity contribution in [3.63, 3.8) is 0 Å². The van der Waals surface area contributed by atoms with E-state index < -0.39 is 0 Å². The van der Waals surface area contributed by atoms with Crippen molar-refractivity contribution in [1.29, 1.82) is 0 Å². The predicted molar refractivity (Wildman–Crippen MR) is 53.1 cm³/mol. The van der Waals surface area contributed by atoms with Crippen LogP contribution in [0.5, 0.6) is 0 Å². The smallest absolute Gasteiger partial charge is 0.234 e. The molecule has 0 aliphatic heterocycles. The lowest BCUT2D eigenvalue weighted by Gasteiger charge is -2.08. The summed E-state index contributed by atoms with van der Waals surface area (Å²) in [6.45, 7) is 0. The van der Waals surface area contributed by atoms with Crippen molar-refractivity contribution in [2.75, 3.05) is 0 Å². The number of imidazole rings is 1. The maximum atomic E-state index is 6.06. The number of hydrogen-bond acceptors (Lipinski definition) is 3. The molecule has 0 aromatic carbocycles. The summed E-state index contributed by atoms with van der Waals surface area (Å²) < 4.78 is 1.75. The van der Waals surface area contributed by atoms with E-state index >= 15 is 0 Å². The highest BCUT2D eigenvalue weighted by molar-refractivity contribution is 6.29. The van der Waals surface area contributed by atoms with Crippen molar-refractivity contribution in [2.24, 2.45) is 5.73 Å². The summed E-state index contributed by atoms with van der Waals surface area (Å²) in [6.07, 6.45) is 7.33. The van der Waals surface area contributed by atoms with Crippen LogP contribution in [-0.4, -0.2) is 14.4 Å². The second-order valence-electron chi connectivity index (χ2n) is 3.75. The van der Waals surface area contributed by atoms with Gasteiger partial charge in [0.15, 0.2) is 0 Å². The highest BCUT2D eigenvalue weighted by Crippen LogP contribution is 2.42. The van der Waals surface area contributed by atoms with Gasteiger partial charge in [-0.1, -0.05) is 11.6 Å². The summed E-state index contributed by atoms with van der Waals surface area (Å²) in [5.41, 5.74) is 6.92. The van der Waals surface area contributed by atoms with Gasteiger partial charge < -0.3 is 5.73 Å². The van der Waals surface area contributed by atoms with Crippen LogP contribution in [-0.2, 0) is 5.54 Å². The zero-order valence-corrected chi connectivity index (χ0v) is 8.20. The number of hydrogen-bond donors (Lipinski definition) is 1. The second-order valence-corrected chi connectivity index (χ2v) is 4.14. The van der Waals surface area contributed by atoms with E-state index in [2.05, 4.69) is 9.97 Å². The number of nitrogens with two attached hydrogens (primary N) is 1. The number of nitrogens with zero attached hydrogens (tertiary/aromatic N) is 3.